The van der Waals surface area contributed by atoms with Crippen molar-refractivity contribution in [1.29, 1.82) is 0 Å². The first-order valence-electron chi connectivity index (χ1n) is 7.22. The summed E-state index contributed by atoms with van der Waals surface area (Å²) >= 11 is 3.13. The molecule has 0 fully saturated rings. The van der Waals surface area contributed by atoms with Crippen molar-refractivity contribution in [2.45, 2.75) is 11.3 Å². The van der Waals surface area contributed by atoms with Gasteiger partial charge in [-0.2, -0.15) is 0 Å². The van der Waals surface area contributed by atoms with Gasteiger partial charge in [-0.25, -0.2) is 17.9 Å². The van der Waals surface area contributed by atoms with Gasteiger partial charge in [-0.15, -0.1) is 0 Å². The van der Waals surface area contributed by atoms with E-state index in [0.29, 0.717) is 17.4 Å². The average Bonchev–Trinajstić information content (AvgIpc) is 2.53. The molecular formula is C16H16BrFN2O4S. The molecule has 0 aromatic heterocycles. The highest BCUT2D eigenvalue weighted by Gasteiger charge is 2.08. The van der Waals surface area contributed by atoms with Crippen molar-refractivity contribution >= 4 is 31.9 Å². The van der Waals surface area contributed by atoms with Crippen molar-refractivity contribution in [3.05, 3.63) is 58.3 Å². The van der Waals surface area contributed by atoms with Crippen LogP contribution in [0.25, 0.3) is 0 Å². The third-order valence-electron chi connectivity index (χ3n) is 3.24. The maximum atomic E-state index is 13.6. The van der Waals surface area contributed by atoms with Crippen molar-refractivity contribution < 1.29 is 22.3 Å². The van der Waals surface area contributed by atoms with Crippen molar-refractivity contribution in [2.24, 2.45) is 5.14 Å². The van der Waals surface area contributed by atoms with E-state index < -0.39 is 15.8 Å². The Morgan fingerprint density at radius 1 is 1.20 bits per heavy atom. The Labute approximate surface area is 153 Å². The monoisotopic (exact) mass is 430 g/mol. The van der Waals surface area contributed by atoms with Gasteiger partial charge in [-0.05, 0) is 42.3 Å². The van der Waals surface area contributed by atoms with Crippen LogP contribution in [0.5, 0.6) is 5.75 Å². The molecule has 0 atom stereocenters. The topological polar surface area (TPSA) is 98.5 Å². The van der Waals surface area contributed by atoms with Crippen LogP contribution in [-0.2, 0) is 21.2 Å². The highest BCUT2D eigenvalue weighted by molar-refractivity contribution is 9.10. The number of halogens is 2. The highest BCUT2D eigenvalue weighted by atomic mass is 79.9. The van der Waals surface area contributed by atoms with Crippen LogP contribution in [-0.4, -0.2) is 27.5 Å². The molecule has 0 saturated carbocycles. The minimum Gasteiger partial charge on any atom is -0.481 e. The number of carbonyl (C=O) groups excluding carboxylic acids is 1. The van der Waals surface area contributed by atoms with Crippen LogP contribution in [0, 0.1) is 5.82 Å². The fraction of sp³-hybridized carbons (Fsp3) is 0.188. The van der Waals surface area contributed by atoms with Gasteiger partial charge in [-0.3, -0.25) is 4.79 Å². The average molecular weight is 431 g/mol. The van der Waals surface area contributed by atoms with E-state index >= 15 is 0 Å². The zero-order valence-electron chi connectivity index (χ0n) is 13.0. The number of hydrogen-bond donors (Lipinski definition) is 2. The second-order valence-electron chi connectivity index (χ2n) is 5.15. The van der Waals surface area contributed by atoms with E-state index in [4.69, 9.17) is 9.88 Å². The fourth-order valence-corrected chi connectivity index (χ4v) is 2.83. The quantitative estimate of drug-likeness (QED) is 0.701. The largest absolute Gasteiger partial charge is 0.481 e. The summed E-state index contributed by atoms with van der Waals surface area (Å²) in [7, 11) is -3.71. The molecule has 25 heavy (non-hydrogen) atoms. The number of benzene rings is 2. The summed E-state index contributed by atoms with van der Waals surface area (Å²) < 4.78 is 41.6. The van der Waals surface area contributed by atoms with E-state index in [9.17, 15) is 17.6 Å². The summed E-state index contributed by atoms with van der Waals surface area (Å²) in [6.07, 6.45) is 0.503. The first-order chi connectivity index (χ1) is 11.8. The molecule has 2 aromatic rings. The fourth-order valence-electron chi connectivity index (χ4n) is 1.98. The smallest absolute Gasteiger partial charge is 0.257 e. The number of rotatable bonds is 7. The predicted octanol–water partition coefficient (Wildman–Crippen LogP) is 1.97. The minimum absolute atomic E-state index is 0.00284. The molecule has 0 bridgehead atoms. The third-order valence-corrected chi connectivity index (χ3v) is 4.66. The summed E-state index contributed by atoms with van der Waals surface area (Å²) in [5.74, 6) is -0.947. The Kier molecular flexibility index (Phi) is 6.51. The van der Waals surface area contributed by atoms with E-state index in [1.54, 1.807) is 18.2 Å². The molecule has 0 aliphatic carbocycles. The molecule has 0 spiro atoms. The molecule has 0 radical (unpaired) electrons. The van der Waals surface area contributed by atoms with E-state index in [2.05, 4.69) is 21.2 Å². The normalized spacial score (nSPS) is 11.2. The molecular weight excluding hydrogens is 415 g/mol. The number of amides is 1. The number of carbonyl (C=O) groups is 1. The van der Waals surface area contributed by atoms with Crippen LogP contribution in [0.15, 0.2) is 51.8 Å². The molecule has 1 amide bonds. The first kappa shape index (κ1) is 19.4. The number of ether oxygens (including phenoxy) is 1. The number of nitrogens with two attached hydrogens (primary N) is 1. The van der Waals surface area contributed by atoms with E-state index in [0.717, 1.165) is 5.56 Å². The molecule has 0 saturated heterocycles. The summed E-state index contributed by atoms with van der Waals surface area (Å²) in [5.41, 5.74) is 0.840. The number of sulfonamides is 1. The Bertz CT molecular complexity index is 857. The van der Waals surface area contributed by atoms with Gasteiger partial charge in [0.05, 0.1) is 4.90 Å². The van der Waals surface area contributed by atoms with Gasteiger partial charge >= 0.3 is 0 Å². The predicted molar refractivity (Wildman–Crippen MR) is 94.1 cm³/mol. The standard InChI is InChI=1S/C16H16BrFN2O4S/c17-12-3-6-15(14(18)9-12)24-10-16(21)20-8-7-11-1-4-13(5-2-11)25(19,22)23/h1-6,9H,7-8,10H2,(H,20,21)(H2,19,22,23). The Balaban J connectivity index is 1.77. The van der Waals surface area contributed by atoms with Gasteiger partial charge in [0, 0.05) is 11.0 Å². The van der Waals surface area contributed by atoms with Crippen molar-refractivity contribution in [2.75, 3.05) is 13.2 Å². The summed E-state index contributed by atoms with van der Waals surface area (Å²) in [4.78, 5) is 11.7. The van der Waals surface area contributed by atoms with Gasteiger partial charge in [-0.1, -0.05) is 28.1 Å². The molecule has 0 aliphatic rings. The van der Waals surface area contributed by atoms with Crippen LogP contribution in [0.1, 0.15) is 5.56 Å². The molecule has 6 nitrogen and oxygen atoms in total. The maximum Gasteiger partial charge on any atom is 0.257 e. The van der Waals surface area contributed by atoms with Crippen LogP contribution in [0.2, 0.25) is 0 Å². The molecule has 9 heteroatoms. The first-order valence-corrected chi connectivity index (χ1v) is 9.56. The molecule has 2 aromatic carbocycles. The van der Waals surface area contributed by atoms with Gasteiger partial charge < -0.3 is 10.1 Å². The number of hydrogen-bond acceptors (Lipinski definition) is 4. The molecule has 3 N–H and O–H groups in total. The lowest BCUT2D eigenvalue weighted by atomic mass is 10.1. The zero-order valence-corrected chi connectivity index (χ0v) is 15.4. The minimum atomic E-state index is -3.71. The Morgan fingerprint density at radius 3 is 2.48 bits per heavy atom. The lowest BCUT2D eigenvalue weighted by Gasteiger charge is -2.09. The van der Waals surface area contributed by atoms with Crippen LogP contribution in [0.4, 0.5) is 4.39 Å². The van der Waals surface area contributed by atoms with Gasteiger partial charge in [0.25, 0.3) is 5.91 Å². The van der Waals surface area contributed by atoms with E-state index in [1.807, 2.05) is 0 Å². The van der Waals surface area contributed by atoms with Crippen LogP contribution >= 0.6 is 15.9 Å². The highest BCUT2D eigenvalue weighted by Crippen LogP contribution is 2.21. The third kappa shape index (κ3) is 6.11. The lowest BCUT2D eigenvalue weighted by Crippen LogP contribution is -2.30. The molecule has 2 rings (SSSR count). The zero-order chi connectivity index (χ0) is 18.4. The molecule has 134 valence electrons. The Morgan fingerprint density at radius 2 is 1.88 bits per heavy atom. The van der Waals surface area contributed by atoms with Crippen molar-refractivity contribution in [1.82, 2.24) is 5.32 Å². The summed E-state index contributed by atoms with van der Waals surface area (Å²) in [5, 5.41) is 7.66. The lowest BCUT2D eigenvalue weighted by molar-refractivity contribution is -0.123. The van der Waals surface area contributed by atoms with Crippen LogP contribution < -0.4 is 15.2 Å². The summed E-state index contributed by atoms with van der Waals surface area (Å²) in [6, 6.07) is 10.4. The van der Waals surface area contributed by atoms with E-state index in [1.165, 1.54) is 24.3 Å². The second-order valence-corrected chi connectivity index (χ2v) is 7.63. The summed E-state index contributed by atoms with van der Waals surface area (Å²) in [6.45, 7) is 0.0304. The van der Waals surface area contributed by atoms with Crippen LogP contribution in [0.3, 0.4) is 0 Å². The molecule has 0 heterocycles. The molecule has 0 aliphatic heterocycles. The Hall–Kier alpha value is -1.97. The SMILES string of the molecule is NS(=O)(=O)c1ccc(CCNC(=O)COc2ccc(Br)cc2F)cc1. The van der Waals surface area contributed by atoms with E-state index in [-0.39, 0.29) is 23.2 Å². The van der Waals surface area contributed by atoms with Gasteiger partial charge in [0.1, 0.15) is 0 Å². The van der Waals surface area contributed by atoms with Gasteiger partial charge in [0.15, 0.2) is 18.2 Å². The van der Waals surface area contributed by atoms with Crippen molar-refractivity contribution in [3.63, 3.8) is 0 Å². The maximum absolute atomic E-state index is 13.6. The van der Waals surface area contributed by atoms with Crippen molar-refractivity contribution in [3.8, 4) is 5.75 Å². The number of nitrogens with one attached hydrogen (secondary N) is 1. The number of primary sulfonamides is 1. The van der Waals surface area contributed by atoms with Gasteiger partial charge in [0.2, 0.25) is 10.0 Å². The second kappa shape index (κ2) is 8.41. The molecule has 0 unspecified atom stereocenters.